The lowest BCUT2D eigenvalue weighted by Gasteiger charge is -2.29. The summed E-state index contributed by atoms with van der Waals surface area (Å²) in [6, 6.07) is 8.19. The maximum absolute atomic E-state index is 6.39. The third-order valence-electron chi connectivity index (χ3n) is 5.19. The number of aromatic nitrogens is 3. The van der Waals surface area contributed by atoms with Crippen LogP contribution in [0.15, 0.2) is 41.1 Å². The number of nitrogens with one attached hydrogen (secondary N) is 1. The predicted octanol–water partition coefficient (Wildman–Crippen LogP) is 5.31. The van der Waals surface area contributed by atoms with E-state index in [-0.39, 0.29) is 6.23 Å². The molecule has 1 aromatic carbocycles. The highest BCUT2D eigenvalue weighted by Gasteiger charge is 2.30. The van der Waals surface area contributed by atoms with Gasteiger partial charge in [-0.3, -0.25) is 0 Å². The highest BCUT2D eigenvalue weighted by molar-refractivity contribution is 7.99. The molecular weight excluding hydrogens is 356 g/mol. The molecule has 1 N–H and O–H groups in total. The number of allylic oxidation sites excluding steroid dienone is 2. The van der Waals surface area contributed by atoms with Crippen molar-refractivity contribution in [1.82, 2.24) is 15.2 Å². The zero-order valence-corrected chi connectivity index (χ0v) is 16.8. The van der Waals surface area contributed by atoms with Gasteiger partial charge in [0, 0.05) is 22.9 Å². The van der Waals surface area contributed by atoms with Gasteiger partial charge in [0.2, 0.25) is 11.0 Å². The number of thioether (sulfide) groups is 1. The van der Waals surface area contributed by atoms with Crippen LogP contribution in [0.3, 0.4) is 0 Å². The van der Waals surface area contributed by atoms with Gasteiger partial charge in [-0.05, 0) is 38.7 Å². The number of unbranched alkanes of at least 4 members (excludes halogenated alkanes) is 1. The number of nitrogens with zero attached hydrogens (tertiary/aromatic N) is 3. The Kier molecular flexibility index (Phi) is 5.62. The second-order valence-electron chi connectivity index (χ2n) is 7.26. The van der Waals surface area contributed by atoms with E-state index in [1.807, 2.05) is 12.1 Å². The molecule has 0 saturated carbocycles. The normalized spacial score (nSPS) is 21.2. The summed E-state index contributed by atoms with van der Waals surface area (Å²) in [5.74, 6) is 2.01. The lowest BCUT2D eigenvalue weighted by atomic mass is 9.89. The number of hydrogen-bond acceptors (Lipinski definition) is 6. The van der Waals surface area contributed by atoms with Crippen LogP contribution in [-0.2, 0) is 0 Å². The predicted molar refractivity (Wildman–Crippen MR) is 110 cm³/mol. The van der Waals surface area contributed by atoms with Crippen molar-refractivity contribution >= 4 is 17.4 Å². The minimum Gasteiger partial charge on any atom is -0.452 e. The summed E-state index contributed by atoms with van der Waals surface area (Å²) in [7, 11) is 0. The van der Waals surface area contributed by atoms with E-state index in [1.54, 1.807) is 11.8 Å². The molecule has 2 heterocycles. The van der Waals surface area contributed by atoms with Gasteiger partial charge in [-0.15, -0.1) is 10.2 Å². The fourth-order valence-electron chi connectivity index (χ4n) is 3.51. The number of benzene rings is 1. The summed E-state index contributed by atoms with van der Waals surface area (Å²) in [4.78, 5) is 4.72. The third kappa shape index (κ3) is 4.10. The van der Waals surface area contributed by atoms with Gasteiger partial charge in [0.15, 0.2) is 11.9 Å². The smallest absolute Gasteiger partial charge is 0.247 e. The molecule has 1 aliphatic heterocycles. The van der Waals surface area contributed by atoms with E-state index in [0.717, 1.165) is 54.8 Å². The second-order valence-corrected chi connectivity index (χ2v) is 8.33. The van der Waals surface area contributed by atoms with Crippen LogP contribution in [0.4, 0.5) is 5.69 Å². The molecule has 5 nitrogen and oxygen atoms in total. The Labute approximate surface area is 165 Å². The van der Waals surface area contributed by atoms with E-state index in [1.165, 1.54) is 5.57 Å². The summed E-state index contributed by atoms with van der Waals surface area (Å²) in [6.07, 6.45) is 7.80. The summed E-state index contributed by atoms with van der Waals surface area (Å²) >= 11 is 1.65. The van der Waals surface area contributed by atoms with E-state index in [4.69, 9.17) is 9.72 Å². The van der Waals surface area contributed by atoms with Gasteiger partial charge in [0.05, 0.1) is 0 Å². The first kappa shape index (κ1) is 18.3. The van der Waals surface area contributed by atoms with Crippen LogP contribution in [0.2, 0.25) is 0 Å². The maximum atomic E-state index is 6.39. The van der Waals surface area contributed by atoms with Crippen LogP contribution in [0.5, 0.6) is 5.88 Å². The van der Waals surface area contributed by atoms with Gasteiger partial charge in [-0.25, -0.2) is 0 Å². The molecule has 6 heteroatoms. The molecule has 1 aromatic heterocycles. The largest absolute Gasteiger partial charge is 0.452 e. The van der Waals surface area contributed by atoms with Crippen molar-refractivity contribution in [2.45, 2.75) is 57.3 Å². The van der Waals surface area contributed by atoms with Crippen molar-refractivity contribution in [3.05, 3.63) is 35.9 Å². The van der Waals surface area contributed by atoms with Gasteiger partial charge in [0.25, 0.3) is 0 Å². The number of para-hydroxylation sites is 1. The molecule has 0 saturated heterocycles. The minimum absolute atomic E-state index is 0.109. The molecule has 0 unspecified atom stereocenters. The van der Waals surface area contributed by atoms with Crippen LogP contribution in [-0.4, -0.2) is 27.2 Å². The molecule has 2 atom stereocenters. The molecule has 0 radical (unpaired) electrons. The third-order valence-corrected chi connectivity index (χ3v) is 6.11. The standard InChI is InChI=1S/C21H26N4OS/c1-3-4-13-27-21-23-20-18(24-25-21)16-7-5-6-8-17(16)22-19(26-20)15-11-9-14(2)10-12-15/h5-9,15,19,22H,3-4,10-13H2,1-2H3/t15-,19-/m1/s1. The molecule has 142 valence electrons. The van der Waals surface area contributed by atoms with Crippen LogP contribution in [0, 0.1) is 5.92 Å². The Morgan fingerprint density at radius 1 is 1.26 bits per heavy atom. The molecule has 0 amide bonds. The average Bonchev–Trinajstić information content (AvgIpc) is 2.85. The van der Waals surface area contributed by atoms with E-state index in [2.05, 4.69) is 47.6 Å². The first-order chi connectivity index (χ1) is 13.2. The van der Waals surface area contributed by atoms with Crippen LogP contribution in [0.25, 0.3) is 11.3 Å². The zero-order valence-electron chi connectivity index (χ0n) is 15.9. The molecule has 4 rings (SSSR count). The number of ether oxygens (including phenoxy) is 1. The topological polar surface area (TPSA) is 59.9 Å². The van der Waals surface area contributed by atoms with Crippen molar-refractivity contribution < 1.29 is 4.74 Å². The van der Waals surface area contributed by atoms with Crippen molar-refractivity contribution in [3.63, 3.8) is 0 Å². The first-order valence-corrected chi connectivity index (χ1v) is 10.8. The van der Waals surface area contributed by atoms with Crippen molar-refractivity contribution in [2.75, 3.05) is 11.1 Å². The van der Waals surface area contributed by atoms with Crippen LogP contribution >= 0.6 is 11.8 Å². The Hall–Kier alpha value is -2.08. The summed E-state index contributed by atoms with van der Waals surface area (Å²) in [5, 5.41) is 13.1. The second kappa shape index (κ2) is 8.30. The van der Waals surface area contributed by atoms with E-state index in [0.29, 0.717) is 17.0 Å². The van der Waals surface area contributed by atoms with Gasteiger partial charge >= 0.3 is 0 Å². The summed E-state index contributed by atoms with van der Waals surface area (Å²) in [6.45, 7) is 4.40. The molecule has 2 aromatic rings. The molecule has 0 spiro atoms. The molecule has 27 heavy (non-hydrogen) atoms. The summed E-state index contributed by atoms with van der Waals surface area (Å²) in [5.41, 5.74) is 4.24. The monoisotopic (exact) mass is 382 g/mol. The first-order valence-electron chi connectivity index (χ1n) is 9.80. The highest BCUT2D eigenvalue weighted by atomic mass is 32.2. The molecule has 0 fully saturated rings. The number of fused-ring (bicyclic) bond motifs is 3. The van der Waals surface area contributed by atoms with Crippen molar-refractivity contribution in [1.29, 1.82) is 0 Å². The Bertz CT molecular complexity index is 839. The lowest BCUT2D eigenvalue weighted by molar-refractivity contribution is 0.145. The molecular formula is C21H26N4OS. The Balaban J connectivity index is 1.66. The van der Waals surface area contributed by atoms with Gasteiger partial charge < -0.3 is 10.1 Å². The zero-order chi connectivity index (χ0) is 18.6. The van der Waals surface area contributed by atoms with Crippen molar-refractivity contribution in [3.8, 4) is 17.1 Å². The van der Waals surface area contributed by atoms with E-state index >= 15 is 0 Å². The maximum Gasteiger partial charge on any atom is 0.247 e. The van der Waals surface area contributed by atoms with E-state index in [9.17, 15) is 0 Å². The number of anilines is 1. The number of rotatable bonds is 5. The SMILES string of the molecule is CCCCSc1nnc2c(n1)O[C@H]([C@@H]1CC=C(C)CC1)Nc1ccccc1-2. The van der Waals surface area contributed by atoms with Gasteiger partial charge in [-0.2, -0.15) is 4.98 Å². The quantitative estimate of drug-likeness (QED) is 0.430. The minimum atomic E-state index is -0.109. The molecule has 1 aliphatic carbocycles. The van der Waals surface area contributed by atoms with Crippen LogP contribution in [0.1, 0.15) is 46.0 Å². The van der Waals surface area contributed by atoms with Gasteiger partial charge in [0.1, 0.15) is 0 Å². The highest BCUT2D eigenvalue weighted by Crippen LogP contribution is 2.39. The number of hydrogen-bond donors (Lipinski definition) is 1. The average molecular weight is 383 g/mol. The Morgan fingerprint density at radius 3 is 2.96 bits per heavy atom. The van der Waals surface area contributed by atoms with Crippen LogP contribution < -0.4 is 10.1 Å². The fraction of sp³-hybridized carbons (Fsp3) is 0.476. The molecule has 0 bridgehead atoms. The molecule has 2 aliphatic rings. The van der Waals surface area contributed by atoms with E-state index < -0.39 is 0 Å². The fourth-order valence-corrected chi connectivity index (χ4v) is 4.37. The Morgan fingerprint density at radius 2 is 2.15 bits per heavy atom. The van der Waals surface area contributed by atoms with Gasteiger partial charge in [-0.1, -0.05) is 55.0 Å². The lowest BCUT2D eigenvalue weighted by Crippen LogP contribution is -2.35. The summed E-state index contributed by atoms with van der Waals surface area (Å²) < 4.78 is 6.39. The van der Waals surface area contributed by atoms with Crippen molar-refractivity contribution in [2.24, 2.45) is 5.92 Å².